The summed E-state index contributed by atoms with van der Waals surface area (Å²) in [5.74, 6) is 2.41. The molecule has 1 aromatic rings. The van der Waals surface area contributed by atoms with Crippen LogP contribution >= 0.6 is 0 Å². The lowest BCUT2D eigenvalue weighted by atomic mass is 9.70. The average molecular weight is 443 g/mol. The van der Waals surface area contributed by atoms with Gasteiger partial charge in [0.05, 0.1) is 12.5 Å². The summed E-state index contributed by atoms with van der Waals surface area (Å²) in [6.07, 6.45) is 13.5. The van der Waals surface area contributed by atoms with Gasteiger partial charge in [0.1, 0.15) is 17.6 Å². The summed E-state index contributed by atoms with van der Waals surface area (Å²) in [4.78, 5) is 24.3. The summed E-state index contributed by atoms with van der Waals surface area (Å²) in [5.41, 5.74) is 0. The quantitative estimate of drug-likeness (QED) is 0.196. The van der Waals surface area contributed by atoms with E-state index in [0.717, 1.165) is 70.0 Å². The predicted octanol–water partition coefficient (Wildman–Crippen LogP) is 6.26. The Balaban J connectivity index is 1.37. The molecule has 5 nitrogen and oxygen atoms in total. The molecule has 176 valence electrons. The highest BCUT2D eigenvalue weighted by Crippen LogP contribution is 2.41. The van der Waals surface area contributed by atoms with Crippen LogP contribution in [0.2, 0.25) is 0 Å². The van der Waals surface area contributed by atoms with E-state index in [-0.39, 0.29) is 24.0 Å². The van der Waals surface area contributed by atoms with Crippen LogP contribution in [0, 0.1) is 17.8 Å². The fourth-order valence-electron chi connectivity index (χ4n) is 4.98. The second kappa shape index (κ2) is 12.7. The van der Waals surface area contributed by atoms with Crippen molar-refractivity contribution in [1.29, 1.82) is 0 Å². The van der Waals surface area contributed by atoms with Crippen LogP contribution in [0.15, 0.2) is 36.4 Å². The first-order valence-electron chi connectivity index (χ1n) is 12.4. The number of rotatable bonds is 9. The van der Waals surface area contributed by atoms with Gasteiger partial charge in [-0.1, -0.05) is 19.4 Å². The fraction of sp³-hybridized carbons (Fsp3) is 0.630. The molecule has 0 amide bonds. The zero-order valence-corrected chi connectivity index (χ0v) is 19.6. The number of unbranched alkanes of at least 4 members (excludes halogenated alkanes) is 1. The summed E-state index contributed by atoms with van der Waals surface area (Å²) in [6, 6.07) is 7.35. The highest BCUT2D eigenvalue weighted by molar-refractivity contribution is 5.81. The molecule has 5 heteroatoms. The topological polar surface area (TPSA) is 61.8 Å². The van der Waals surface area contributed by atoms with Gasteiger partial charge in [0.15, 0.2) is 0 Å². The molecule has 32 heavy (non-hydrogen) atoms. The minimum Gasteiger partial charge on any atom is -0.494 e. The van der Waals surface area contributed by atoms with E-state index in [2.05, 4.69) is 6.92 Å². The summed E-state index contributed by atoms with van der Waals surface area (Å²) in [7, 11) is 0. The zero-order valence-electron chi connectivity index (χ0n) is 19.6. The number of hydrogen-bond acceptors (Lipinski definition) is 5. The van der Waals surface area contributed by atoms with Crippen LogP contribution in [-0.4, -0.2) is 24.6 Å². The van der Waals surface area contributed by atoms with Crippen molar-refractivity contribution in [3.05, 3.63) is 36.4 Å². The predicted molar refractivity (Wildman–Crippen MR) is 125 cm³/mol. The Morgan fingerprint density at radius 2 is 1.50 bits per heavy atom. The lowest BCUT2D eigenvalue weighted by Gasteiger charge is -2.37. The van der Waals surface area contributed by atoms with Crippen molar-refractivity contribution in [2.75, 3.05) is 6.61 Å². The standard InChI is InChI=1S/C27H38O5/c1-3-5-19-30-23-15-17-25(18-16-23)32-27(29)22-9-7-20(8-10-22)21-11-13-24(14-12-21)31-26(28)6-4-2/h4,6,15-18,20-22,24H,3,5,7-14,19H2,1-2H3/b6-4+. The van der Waals surface area contributed by atoms with Gasteiger partial charge in [0.25, 0.3) is 0 Å². The second-order valence-electron chi connectivity index (χ2n) is 9.18. The third kappa shape index (κ3) is 7.39. The van der Waals surface area contributed by atoms with Crippen molar-refractivity contribution in [2.45, 2.75) is 84.2 Å². The van der Waals surface area contributed by atoms with Gasteiger partial charge in [-0.3, -0.25) is 4.79 Å². The molecule has 0 spiro atoms. The van der Waals surface area contributed by atoms with E-state index in [1.54, 1.807) is 6.08 Å². The fourth-order valence-corrected chi connectivity index (χ4v) is 4.98. The summed E-state index contributed by atoms with van der Waals surface area (Å²) < 4.78 is 16.8. The molecule has 0 bridgehead atoms. The summed E-state index contributed by atoms with van der Waals surface area (Å²) in [5, 5.41) is 0. The molecule has 0 aliphatic heterocycles. The Hall–Kier alpha value is -2.30. The van der Waals surface area contributed by atoms with Crippen molar-refractivity contribution < 1.29 is 23.8 Å². The van der Waals surface area contributed by atoms with Crippen LogP contribution < -0.4 is 9.47 Å². The van der Waals surface area contributed by atoms with E-state index in [4.69, 9.17) is 14.2 Å². The van der Waals surface area contributed by atoms with Crippen molar-refractivity contribution >= 4 is 11.9 Å². The highest BCUT2D eigenvalue weighted by Gasteiger charge is 2.34. The largest absolute Gasteiger partial charge is 0.494 e. The van der Waals surface area contributed by atoms with Gasteiger partial charge in [0.2, 0.25) is 0 Å². The average Bonchev–Trinajstić information content (AvgIpc) is 2.81. The SMILES string of the molecule is C/C=C/C(=O)OC1CCC(C2CCC(C(=O)Oc3ccc(OCCCC)cc3)CC2)CC1. The highest BCUT2D eigenvalue weighted by atomic mass is 16.5. The van der Waals surface area contributed by atoms with Gasteiger partial charge in [0, 0.05) is 6.08 Å². The lowest BCUT2D eigenvalue weighted by Crippen LogP contribution is -2.31. The molecule has 2 fully saturated rings. The Labute approximate surface area is 192 Å². The van der Waals surface area contributed by atoms with Crippen molar-refractivity contribution in [1.82, 2.24) is 0 Å². The number of carbonyl (C=O) groups is 2. The van der Waals surface area contributed by atoms with E-state index < -0.39 is 0 Å². The maximum atomic E-state index is 12.6. The molecule has 0 saturated heterocycles. The van der Waals surface area contributed by atoms with E-state index in [1.807, 2.05) is 31.2 Å². The molecule has 2 aliphatic rings. The van der Waals surface area contributed by atoms with Gasteiger partial charge < -0.3 is 14.2 Å². The molecule has 0 atom stereocenters. The molecule has 1 aromatic carbocycles. The first-order valence-corrected chi connectivity index (χ1v) is 12.4. The normalized spacial score (nSPS) is 25.9. The number of esters is 2. The maximum Gasteiger partial charge on any atom is 0.330 e. The van der Waals surface area contributed by atoms with Gasteiger partial charge in [-0.05, 0) is 101 Å². The minimum absolute atomic E-state index is 0.00939. The first-order chi connectivity index (χ1) is 15.6. The Morgan fingerprint density at radius 3 is 2.09 bits per heavy atom. The monoisotopic (exact) mass is 442 g/mol. The molecule has 0 heterocycles. The minimum atomic E-state index is -0.228. The Bertz CT molecular complexity index is 738. The van der Waals surface area contributed by atoms with Gasteiger partial charge in [-0.25, -0.2) is 4.79 Å². The maximum absolute atomic E-state index is 12.6. The smallest absolute Gasteiger partial charge is 0.330 e. The molecule has 2 aliphatic carbocycles. The van der Waals surface area contributed by atoms with Crippen LogP contribution in [0.3, 0.4) is 0 Å². The van der Waals surface area contributed by atoms with Crippen molar-refractivity contribution in [2.24, 2.45) is 17.8 Å². The Kier molecular flexibility index (Phi) is 9.63. The molecule has 0 N–H and O–H groups in total. The van der Waals surface area contributed by atoms with Crippen LogP contribution in [0.25, 0.3) is 0 Å². The zero-order chi connectivity index (χ0) is 22.8. The van der Waals surface area contributed by atoms with E-state index in [0.29, 0.717) is 24.2 Å². The molecule has 0 radical (unpaired) electrons. The second-order valence-corrected chi connectivity index (χ2v) is 9.18. The first kappa shape index (κ1) is 24.3. The number of carbonyl (C=O) groups excluding carboxylic acids is 2. The number of ether oxygens (including phenoxy) is 3. The van der Waals surface area contributed by atoms with E-state index in [9.17, 15) is 9.59 Å². The molecule has 0 unspecified atom stereocenters. The molecular weight excluding hydrogens is 404 g/mol. The van der Waals surface area contributed by atoms with Gasteiger partial charge >= 0.3 is 11.9 Å². The third-order valence-electron chi connectivity index (χ3n) is 6.89. The third-order valence-corrected chi connectivity index (χ3v) is 6.89. The van der Waals surface area contributed by atoms with Crippen LogP contribution in [-0.2, 0) is 14.3 Å². The molecule has 0 aromatic heterocycles. The summed E-state index contributed by atoms with van der Waals surface area (Å²) >= 11 is 0. The van der Waals surface area contributed by atoms with Crippen molar-refractivity contribution in [3.8, 4) is 11.5 Å². The number of benzene rings is 1. The van der Waals surface area contributed by atoms with E-state index in [1.165, 1.54) is 6.08 Å². The van der Waals surface area contributed by atoms with Crippen LogP contribution in [0.1, 0.15) is 78.1 Å². The number of allylic oxidation sites excluding steroid dienone is 1. The molecule has 2 saturated carbocycles. The van der Waals surface area contributed by atoms with Gasteiger partial charge in [-0.15, -0.1) is 0 Å². The number of hydrogen-bond donors (Lipinski definition) is 0. The Morgan fingerprint density at radius 1 is 0.906 bits per heavy atom. The molecule has 3 rings (SSSR count). The van der Waals surface area contributed by atoms with E-state index >= 15 is 0 Å². The lowest BCUT2D eigenvalue weighted by molar-refractivity contribution is -0.145. The molecular formula is C27H38O5. The summed E-state index contributed by atoms with van der Waals surface area (Å²) in [6.45, 7) is 4.67. The van der Waals surface area contributed by atoms with Crippen molar-refractivity contribution in [3.63, 3.8) is 0 Å². The van der Waals surface area contributed by atoms with Crippen LogP contribution in [0.4, 0.5) is 0 Å². The van der Waals surface area contributed by atoms with Gasteiger partial charge in [-0.2, -0.15) is 0 Å². The van der Waals surface area contributed by atoms with Crippen LogP contribution in [0.5, 0.6) is 11.5 Å².